The molecule has 1 heterocycles. The predicted octanol–water partition coefficient (Wildman–Crippen LogP) is 2.44. The Kier molecular flexibility index (Phi) is 3.67. The van der Waals surface area contributed by atoms with Crippen LogP contribution in [0.5, 0.6) is 0 Å². The molecule has 1 atom stereocenters. The number of ether oxygens (including phenoxy) is 1. The van der Waals surface area contributed by atoms with Crippen LogP contribution in [0.3, 0.4) is 0 Å². The minimum atomic E-state index is -0.924. The molecule has 0 aliphatic carbocycles. The van der Waals surface area contributed by atoms with E-state index in [0.29, 0.717) is 13.2 Å². The molecular weight excluding hydrogens is 230 g/mol. The van der Waals surface area contributed by atoms with Crippen molar-refractivity contribution >= 4 is 16.9 Å². The lowest BCUT2D eigenvalue weighted by Crippen LogP contribution is -2.28. The monoisotopic (exact) mass is 247 g/mol. The molecule has 4 nitrogen and oxygen atoms in total. The number of nitrogens with zero attached hydrogens (tertiary/aromatic N) is 1. The van der Waals surface area contributed by atoms with Gasteiger partial charge in [0.2, 0.25) is 0 Å². The third-order valence-corrected chi connectivity index (χ3v) is 2.99. The molecule has 1 aromatic carbocycles. The van der Waals surface area contributed by atoms with Crippen molar-refractivity contribution < 1.29 is 14.6 Å². The second kappa shape index (κ2) is 5.23. The standard InChI is InChI=1S/C14H17NO3/c1-3-18-13(14(16)17)9-15-8-10(2)11-6-4-5-7-12(11)15/h4-8,13H,3,9H2,1-2H3,(H,16,17). The quantitative estimate of drug-likeness (QED) is 0.882. The Labute approximate surface area is 106 Å². The molecule has 0 aliphatic rings. The summed E-state index contributed by atoms with van der Waals surface area (Å²) in [4.78, 5) is 11.1. The van der Waals surface area contributed by atoms with E-state index in [1.807, 2.05) is 42.0 Å². The third kappa shape index (κ3) is 2.38. The minimum Gasteiger partial charge on any atom is -0.479 e. The van der Waals surface area contributed by atoms with E-state index < -0.39 is 12.1 Å². The summed E-state index contributed by atoms with van der Waals surface area (Å²) in [5.74, 6) is -0.924. The molecule has 0 fully saturated rings. The average Bonchev–Trinajstić information content (AvgIpc) is 2.66. The normalized spacial score (nSPS) is 12.8. The van der Waals surface area contributed by atoms with Gasteiger partial charge in [0.1, 0.15) is 0 Å². The lowest BCUT2D eigenvalue weighted by atomic mass is 10.2. The maximum absolute atomic E-state index is 11.1. The molecule has 4 heteroatoms. The van der Waals surface area contributed by atoms with Crippen molar-refractivity contribution in [3.63, 3.8) is 0 Å². The number of aromatic nitrogens is 1. The Morgan fingerprint density at radius 2 is 2.17 bits per heavy atom. The zero-order valence-electron chi connectivity index (χ0n) is 10.6. The largest absolute Gasteiger partial charge is 0.479 e. The first-order valence-electron chi connectivity index (χ1n) is 6.02. The van der Waals surface area contributed by atoms with Crippen LogP contribution in [0.1, 0.15) is 12.5 Å². The maximum Gasteiger partial charge on any atom is 0.334 e. The lowest BCUT2D eigenvalue weighted by molar-refractivity contribution is -0.150. The summed E-state index contributed by atoms with van der Waals surface area (Å²) in [6.45, 7) is 4.55. The fraction of sp³-hybridized carbons (Fsp3) is 0.357. The Bertz CT molecular complexity index is 559. The highest BCUT2D eigenvalue weighted by Crippen LogP contribution is 2.20. The molecule has 0 radical (unpaired) electrons. The zero-order chi connectivity index (χ0) is 13.1. The molecule has 1 unspecified atom stereocenters. The number of para-hydroxylation sites is 1. The van der Waals surface area contributed by atoms with Crippen LogP contribution in [0, 0.1) is 6.92 Å². The van der Waals surface area contributed by atoms with Crippen molar-refractivity contribution in [3.8, 4) is 0 Å². The highest BCUT2D eigenvalue weighted by atomic mass is 16.5. The molecule has 18 heavy (non-hydrogen) atoms. The Morgan fingerprint density at radius 3 is 2.83 bits per heavy atom. The first-order chi connectivity index (χ1) is 8.63. The van der Waals surface area contributed by atoms with Crippen LogP contribution in [0.4, 0.5) is 0 Å². The number of hydrogen-bond acceptors (Lipinski definition) is 2. The number of aliphatic carboxylic acids is 1. The van der Waals surface area contributed by atoms with E-state index in [2.05, 4.69) is 0 Å². The van der Waals surface area contributed by atoms with Crippen molar-refractivity contribution in [2.24, 2.45) is 0 Å². The molecule has 2 rings (SSSR count). The third-order valence-electron chi connectivity index (χ3n) is 2.99. The Morgan fingerprint density at radius 1 is 1.44 bits per heavy atom. The molecule has 1 aromatic heterocycles. The fourth-order valence-corrected chi connectivity index (χ4v) is 2.16. The van der Waals surface area contributed by atoms with Crippen molar-refractivity contribution in [2.75, 3.05) is 6.61 Å². The summed E-state index contributed by atoms with van der Waals surface area (Å²) in [6, 6.07) is 7.97. The van der Waals surface area contributed by atoms with Gasteiger partial charge in [0.25, 0.3) is 0 Å². The summed E-state index contributed by atoms with van der Waals surface area (Å²) in [7, 11) is 0. The molecule has 96 valence electrons. The van der Waals surface area contributed by atoms with Gasteiger partial charge < -0.3 is 14.4 Å². The van der Waals surface area contributed by atoms with Gasteiger partial charge in [-0.05, 0) is 25.5 Å². The highest BCUT2D eigenvalue weighted by Gasteiger charge is 2.19. The van der Waals surface area contributed by atoms with Gasteiger partial charge in [-0.15, -0.1) is 0 Å². The number of aryl methyl sites for hydroxylation is 1. The van der Waals surface area contributed by atoms with Gasteiger partial charge in [0, 0.05) is 23.7 Å². The number of carbonyl (C=O) groups is 1. The molecular formula is C14H17NO3. The van der Waals surface area contributed by atoms with Gasteiger partial charge >= 0.3 is 5.97 Å². The van der Waals surface area contributed by atoms with E-state index in [9.17, 15) is 4.79 Å². The SMILES string of the molecule is CCOC(Cn1cc(C)c2ccccc21)C(=O)O. The van der Waals surface area contributed by atoms with Gasteiger partial charge in [-0.1, -0.05) is 18.2 Å². The first kappa shape index (κ1) is 12.6. The molecule has 1 N–H and O–H groups in total. The smallest absolute Gasteiger partial charge is 0.334 e. The van der Waals surface area contributed by atoms with Crippen molar-refractivity contribution in [1.82, 2.24) is 4.57 Å². The number of hydrogen-bond donors (Lipinski definition) is 1. The number of benzene rings is 1. The number of rotatable bonds is 5. The van der Waals surface area contributed by atoms with Crippen LogP contribution in [0.2, 0.25) is 0 Å². The average molecular weight is 247 g/mol. The maximum atomic E-state index is 11.1. The van der Waals surface area contributed by atoms with Gasteiger partial charge in [0.05, 0.1) is 6.54 Å². The van der Waals surface area contributed by atoms with Crippen LogP contribution in [-0.2, 0) is 16.1 Å². The summed E-state index contributed by atoms with van der Waals surface area (Å²) < 4.78 is 7.19. The van der Waals surface area contributed by atoms with E-state index in [4.69, 9.17) is 9.84 Å². The van der Waals surface area contributed by atoms with Crippen LogP contribution >= 0.6 is 0 Å². The predicted molar refractivity (Wildman–Crippen MR) is 69.7 cm³/mol. The topological polar surface area (TPSA) is 51.5 Å². The molecule has 0 amide bonds. The lowest BCUT2D eigenvalue weighted by Gasteiger charge is -2.14. The van der Waals surface area contributed by atoms with E-state index >= 15 is 0 Å². The van der Waals surface area contributed by atoms with E-state index in [1.165, 1.54) is 0 Å². The number of carboxylic acids is 1. The summed E-state index contributed by atoms with van der Waals surface area (Å²) >= 11 is 0. The van der Waals surface area contributed by atoms with E-state index in [-0.39, 0.29) is 0 Å². The molecule has 0 spiro atoms. The molecule has 0 saturated carbocycles. The van der Waals surface area contributed by atoms with Gasteiger partial charge in [-0.3, -0.25) is 0 Å². The Balaban J connectivity index is 2.33. The Hall–Kier alpha value is -1.81. The summed E-state index contributed by atoms with van der Waals surface area (Å²) in [6.07, 6.45) is 1.17. The molecule has 0 saturated heterocycles. The van der Waals surface area contributed by atoms with Crippen molar-refractivity contribution in [1.29, 1.82) is 0 Å². The number of fused-ring (bicyclic) bond motifs is 1. The molecule has 0 aliphatic heterocycles. The molecule has 0 bridgehead atoms. The minimum absolute atomic E-state index is 0.331. The number of carboxylic acid groups (broad SMARTS) is 1. The van der Waals surface area contributed by atoms with Gasteiger partial charge in [0.15, 0.2) is 6.10 Å². The zero-order valence-corrected chi connectivity index (χ0v) is 10.6. The second-order valence-electron chi connectivity index (χ2n) is 4.26. The second-order valence-corrected chi connectivity index (χ2v) is 4.26. The van der Waals surface area contributed by atoms with Crippen LogP contribution < -0.4 is 0 Å². The van der Waals surface area contributed by atoms with Crippen molar-refractivity contribution in [3.05, 3.63) is 36.0 Å². The van der Waals surface area contributed by atoms with Crippen molar-refractivity contribution in [2.45, 2.75) is 26.5 Å². The fourth-order valence-electron chi connectivity index (χ4n) is 2.16. The van der Waals surface area contributed by atoms with Gasteiger partial charge in [-0.25, -0.2) is 4.79 Å². The molecule has 2 aromatic rings. The van der Waals surface area contributed by atoms with Crippen LogP contribution in [0.15, 0.2) is 30.5 Å². The van der Waals surface area contributed by atoms with E-state index in [0.717, 1.165) is 16.5 Å². The van der Waals surface area contributed by atoms with Crippen LogP contribution in [0.25, 0.3) is 10.9 Å². The van der Waals surface area contributed by atoms with E-state index in [1.54, 1.807) is 6.92 Å². The van der Waals surface area contributed by atoms with Gasteiger partial charge in [-0.2, -0.15) is 0 Å². The summed E-state index contributed by atoms with van der Waals surface area (Å²) in [5.41, 5.74) is 2.19. The first-order valence-corrected chi connectivity index (χ1v) is 6.02. The van der Waals surface area contributed by atoms with Crippen LogP contribution in [-0.4, -0.2) is 28.4 Å². The summed E-state index contributed by atoms with van der Waals surface area (Å²) in [5, 5.41) is 10.3. The highest BCUT2D eigenvalue weighted by molar-refractivity contribution is 5.84.